The van der Waals surface area contributed by atoms with Crippen molar-refractivity contribution in [3.8, 4) is 0 Å². The maximum atomic E-state index is 13.6. The summed E-state index contributed by atoms with van der Waals surface area (Å²) in [5, 5.41) is 7.45. The summed E-state index contributed by atoms with van der Waals surface area (Å²) in [5.74, 6) is 2.28. The maximum Gasteiger partial charge on any atom is 0.233 e. The summed E-state index contributed by atoms with van der Waals surface area (Å²) in [6.45, 7) is 9.82. The molecule has 4 heterocycles. The number of aromatic nitrogens is 2. The van der Waals surface area contributed by atoms with Gasteiger partial charge in [0.1, 0.15) is 0 Å². The number of fused-ring (bicyclic) bond motifs is 1. The van der Waals surface area contributed by atoms with Gasteiger partial charge in [-0.2, -0.15) is 4.98 Å². The fourth-order valence-electron chi connectivity index (χ4n) is 4.99. The minimum Gasteiger partial charge on any atom is -0.374 e. The zero-order chi connectivity index (χ0) is 17.7. The highest BCUT2D eigenvalue weighted by molar-refractivity contribution is 5.86. The largest absolute Gasteiger partial charge is 0.374 e. The molecular formula is C18H28N4O3. The second kappa shape index (κ2) is 6.06. The Hall–Kier alpha value is -1.47. The summed E-state index contributed by atoms with van der Waals surface area (Å²) in [6, 6.07) is 0. The van der Waals surface area contributed by atoms with E-state index in [0.717, 1.165) is 44.7 Å². The zero-order valence-corrected chi connectivity index (χ0v) is 15.4. The smallest absolute Gasteiger partial charge is 0.233 e. The van der Waals surface area contributed by atoms with Gasteiger partial charge in [-0.15, -0.1) is 0 Å². The number of hydrogen-bond donors (Lipinski definition) is 1. The van der Waals surface area contributed by atoms with Gasteiger partial charge >= 0.3 is 0 Å². The van der Waals surface area contributed by atoms with Gasteiger partial charge in [-0.05, 0) is 32.6 Å². The van der Waals surface area contributed by atoms with Gasteiger partial charge in [-0.1, -0.05) is 5.16 Å². The van der Waals surface area contributed by atoms with Gasteiger partial charge in [0, 0.05) is 45.4 Å². The van der Waals surface area contributed by atoms with Crippen LogP contribution in [0.3, 0.4) is 0 Å². The molecule has 1 N–H and O–H groups in total. The molecule has 7 nitrogen and oxygen atoms in total. The molecule has 3 unspecified atom stereocenters. The van der Waals surface area contributed by atoms with Crippen molar-refractivity contribution in [2.24, 2.45) is 17.3 Å². The normalized spacial score (nSPS) is 34.3. The molecule has 0 aromatic carbocycles. The van der Waals surface area contributed by atoms with Crippen LogP contribution in [-0.4, -0.2) is 59.3 Å². The number of ether oxygens (including phenoxy) is 1. The van der Waals surface area contributed by atoms with Crippen LogP contribution in [0.5, 0.6) is 0 Å². The second-order valence-corrected chi connectivity index (χ2v) is 8.31. The van der Waals surface area contributed by atoms with Crippen molar-refractivity contribution in [1.29, 1.82) is 0 Å². The molecule has 1 aromatic heterocycles. The van der Waals surface area contributed by atoms with Crippen LogP contribution >= 0.6 is 0 Å². The molecule has 0 radical (unpaired) electrons. The van der Waals surface area contributed by atoms with E-state index in [0.29, 0.717) is 25.0 Å². The van der Waals surface area contributed by atoms with E-state index in [4.69, 9.17) is 9.26 Å². The minimum absolute atomic E-state index is 0.263. The van der Waals surface area contributed by atoms with Gasteiger partial charge in [0.05, 0.1) is 17.6 Å². The van der Waals surface area contributed by atoms with Gasteiger partial charge in [0.25, 0.3) is 0 Å². The molecule has 0 aliphatic carbocycles. The molecule has 138 valence electrons. The van der Waals surface area contributed by atoms with Crippen molar-refractivity contribution >= 4 is 5.91 Å². The van der Waals surface area contributed by atoms with Gasteiger partial charge in [0.15, 0.2) is 5.82 Å². The van der Waals surface area contributed by atoms with Crippen LogP contribution in [-0.2, 0) is 16.0 Å². The molecule has 7 heteroatoms. The van der Waals surface area contributed by atoms with Crippen molar-refractivity contribution in [3.63, 3.8) is 0 Å². The molecule has 3 aliphatic heterocycles. The Kier molecular flexibility index (Phi) is 4.11. The summed E-state index contributed by atoms with van der Waals surface area (Å²) in [6.07, 6.45) is 2.91. The van der Waals surface area contributed by atoms with Gasteiger partial charge in [-0.3, -0.25) is 4.79 Å². The number of aryl methyl sites for hydroxylation is 1. The number of nitrogens with zero attached hydrogens (tertiary/aromatic N) is 3. The zero-order valence-electron chi connectivity index (χ0n) is 15.4. The molecule has 1 aromatic rings. The topological polar surface area (TPSA) is 80.5 Å². The highest BCUT2D eigenvalue weighted by Gasteiger charge is 2.64. The molecule has 0 saturated carbocycles. The standard InChI is InChI=1S/C18H28N4O3/c1-12-20-15(21-25-12)7-13-5-4-6-22(9-13)16(23)18-11-19-8-14(18)10-24-17(18,2)3/h13-14,19H,4-11H2,1-3H3. The first-order valence-corrected chi connectivity index (χ1v) is 9.35. The lowest BCUT2D eigenvalue weighted by molar-refractivity contribution is -0.153. The van der Waals surface area contributed by atoms with Gasteiger partial charge in [-0.25, -0.2) is 0 Å². The van der Waals surface area contributed by atoms with Crippen molar-refractivity contribution in [1.82, 2.24) is 20.4 Å². The van der Waals surface area contributed by atoms with Crippen LogP contribution in [0.2, 0.25) is 0 Å². The lowest BCUT2D eigenvalue weighted by atomic mass is 9.68. The van der Waals surface area contributed by atoms with E-state index in [1.807, 2.05) is 6.92 Å². The third-order valence-corrected chi connectivity index (χ3v) is 6.44. The Bertz CT molecular complexity index is 659. The lowest BCUT2D eigenvalue weighted by Gasteiger charge is -2.43. The summed E-state index contributed by atoms with van der Waals surface area (Å²) in [7, 11) is 0. The minimum atomic E-state index is -0.433. The summed E-state index contributed by atoms with van der Waals surface area (Å²) in [4.78, 5) is 20.0. The fraction of sp³-hybridized carbons (Fsp3) is 0.833. The second-order valence-electron chi connectivity index (χ2n) is 8.31. The molecule has 25 heavy (non-hydrogen) atoms. The van der Waals surface area contributed by atoms with E-state index in [2.05, 4.69) is 34.2 Å². The summed E-state index contributed by atoms with van der Waals surface area (Å²) < 4.78 is 11.1. The average molecular weight is 348 g/mol. The Morgan fingerprint density at radius 3 is 3.04 bits per heavy atom. The van der Waals surface area contributed by atoms with Crippen LogP contribution in [0.25, 0.3) is 0 Å². The van der Waals surface area contributed by atoms with Crippen molar-refractivity contribution < 1.29 is 14.1 Å². The first-order chi connectivity index (χ1) is 11.9. The number of rotatable bonds is 3. The molecule has 3 fully saturated rings. The number of nitrogens with one attached hydrogen (secondary N) is 1. The average Bonchev–Trinajstić information content (AvgIpc) is 3.25. The highest BCUT2D eigenvalue weighted by atomic mass is 16.5. The predicted molar refractivity (Wildman–Crippen MR) is 90.9 cm³/mol. The van der Waals surface area contributed by atoms with Crippen molar-refractivity contribution in [2.75, 3.05) is 32.8 Å². The highest BCUT2D eigenvalue weighted by Crippen LogP contribution is 2.50. The van der Waals surface area contributed by atoms with E-state index < -0.39 is 11.0 Å². The van der Waals surface area contributed by atoms with Crippen molar-refractivity contribution in [3.05, 3.63) is 11.7 Å². The van der Waals surface area contributed by atoms with Gasteiger partial charge in [0.2, 0.25) is 11.8 Å². The monoisotopic (exact) mass is 348 g/mol. The number of amides is 1. The number of carbonyl (C=O) groups is 1. The van der Waals surface area contributed by atoms with Crippen LogP contribution in [0.4, 0.5) is 0 Å². The van der Waals surface area contributed by atoms with Crippen molar-refractivity contribution in [2.45, 2.75) is 45.6 Å². The Morgan fingerprint density at radius 1 is 1.44 bits per heavy atom. The molecule has 0 spiro atoms. The lowest BCUT2D eigenvalue weighted by Crippen LogP contribution is -2.58. The quantitative estimate of drug-likeness (QED) is 0.883. The Labute approximate surface area is 148 Å². The van der Waals surface area contributed by atoms with Crippen LogP contribution in [0.1, 0.15) is 38.4 Å². The third-order valence-electron chi connectivity index (χ3n) is 6.44. The third kappa shape index (κ3) is 2.68. The molecular weight excluding hydrogens is 320 g/mol. The van der Waals surface area contributed by atoms with Crippen LogP contribution in [0, 0.1) is 24.2 Å². The summed E-state index contributed by atoms with van der Waals surface area (Å²) >= 11 is 0. The van der Waals surface area contributed by atoms with E-state index in [-0.39, 0.29) is 11.8 Å². The Morgan fingerprint density at radius 2 is 2.28 bits per heavy atom. The van der Waals surface area contributed by atoms with E-state index in [9.17, 15) is 4.79 Å². The van der Waals surface area contributed by atoms with E-state index in [1.165, 1.54) is 0 Å². The number of piperidine rings is 1. The first-order valence-electron chi connectivity index (χ1n) is 9.35. The number of carbonyl (C=O) groups excluding carboxylic acids is 1. The van der Waals surface area contributed by atoms with E-state index >= 15 is 0 Å². The fourth-order valence-corrected chi connectivity index (χ4v) is 4.99. The molecule has 0 bridgehead atoms. The van der Waals surface area contributed by atoms with Crippen LogP contribution in [0.15, 0.2) is 4.52 Å². The number of likely N-dealkylation sites (tertiary alicyclic amines) is 1. The first kappa shape index (κ1) is 17.0. The summed E-state index contributed by atoms with van der Waals surface area (Å²) in [5.41, 5.74) is -0.854. The molecule has 3 saturated heterocycles. The number of hydrogen-bond acceptors (Lipinski definition) is 6. The molecule has 1 amide bonds. The molecule has 3 aliphatic rings. The molecule has 3 atom stereocenters. The Balaban J connectivity index is 1.50. The molecule has 4 rings (SSSR count). The van der Waals surface area contributed by atoms with E-state index in [1.54, 1.807) is 0 Å². The predicted octanol–water partition coefficient (Wildman–Crippen LogP) is 1.17. The SMILES string of the molecule is Cc1nc(CC2CCCN(C(=O)C34CNCC3COC4(C)C)C2)no1. The van der Waals surface area contributed by atoms with Gasteiger partial charge < -0.3 is 19.5 Å². The maximum absolute atomic E-state index is 13.6. The van der Waals surface area contributed by atoms with Crippen LogP contribution < -0.4 is 5.32 Å².